The van der Waals surface area contributed by atoms with E-state index in [0.29, 0.717) is 12.5 Å². The van der Waals surface area contributed by atoms with Gasteiger partial charge in [-0.2, -0.15) is 9.36 Å². The normalized spacial score (nSPS) is 11.9. The first-order chi connectivity index (χ1) is 17.6. The second kappa shape index (κ2) is 14.8. The number of aromatic amines is 1. The first-order valence-corrected chi connectivity index (χ1v) is 12.4. The van der Waals surface area contributed by atoms with Gasteiger partial charge in [-0.25, -0.2) is 9.59 Å². The second-order valence-corrected chi connectivity index (χ2v) is 12.3. The number of nitrogens with one attached hydrogen (secondary N) is 1. The Labute approximate surface area is 229 Å². The summed E-state index contributed by atoms with van der Waals surface area (Å²) in [6.07, 6.45) is 1.67. The SMILES string of the molecule is CC(C)(C)OC(=O)n1ccc(=O)[nH]1.CC(C)(CO)CO.CC(C)(CO)COc1ccn(C(=O)OC(C)(C)C)n1. The van der Waals surface area contributed by atoms with Crippen LogP contribution < -0.4 is 10.3 Å². The highest BCUT2D eigenvalue weighted by Gasteiger charge is 2.21. The van der Waals surface area contributed by atoms with E-state index in [4.69, 9.17) is 29.5 Å². The van der Waals surface area contributed by atoms with Gasteiger partial charge >= 0.3 is 12.2 Å². The van der Waals surface area contributed by atoms with Crippen LogP contribution in [0.25, 0.3) is 0 Å². The number of hydrogen-bond donors (Lipinski definition) is 4. The van der Waals surface area contributed by atoms with Crippen LogP contribution in [0, 0.1) is 10.8 Å². The Kier molecular flexibility index (Phi) is 13.6. The van der Waals surface area contributed by atoms with Crippen molar-refractivity contribution in [3.05, 3.63) is 34.9 Å². The topological polar surface area (TPSA) is 178 Å². The second-order valence-electron chi connectivity index (χ2n) is 12.3. The van der Waals surface area contributed by atoms with Gasteiger partial charge < -0.3 is 29.5 Å². The molecule has 0 aliphatic rings. The molecule has 0 radical (unpaired) electrons. The zero-order valence-corrected chi connectivity index (χ0v) is 24.8. The maximum Gasteiger partial charge on any atom is 0.435 e. The highest BCUT2D eigenvalue weighted by molar-refractivity contribution is 5.70. The number of H-pyrrole nitrogens is 1. The Balaban J connectivity index is 0.000000622. The Morgan fingerprint density at radius 2 is 1.28 bits per heavy atom. The molecule has 0 unspecified atom stereocenters. The number of aromatic nitrogens is 4. The van der Waals surface area contributed by atoms with Gasteiger partial charge in [0, 0.05) is 35.4 Å². The predicted octanol–water partition coefficient (Wildman–Crippen LogP) is 3.02. The third kappa shape index (κ3) is 16.4. The van der Waals surface area contributed by atoms with E-state index in [1.165, 1.54) is 18.5 Å². The maximum absolute atomic E-state index is 11.7. The first-order valence-electron chi connectivity index (χ1n) is 12.4. The van der Waals surface area contributed by atoms with E-state index in [2.05, 4.69) is 10.2 Å². The van der Waals surface area contributed by atoms with E-state index in [1.54, 1.807) is 61.5 Å². The fraction of sp³-hybridized carbons (Fsp3) is 0.692. The van der Waals surface area contributed by atoms with Crippen LogP contribution in [0.15, 0.2) is 29.3 Å². The van der Waals surface area contributed by atoms with Crippen LogP contribution in [0.2, 0.25) is 0 Å². The van der Waals surface area contributed by atoms with Crippen molar-refractivity contribution < 1.29 is 39.1 Å². The highest BCUT2D eigenvalue weighted by Crippen LogP contribution is 2.17. The van der Waals surface area contributed by atoms with E-state index in [0.717, 1.165) is 9.36 Å². The van der Waals surface area contributed by atoms with Crippen LogP contribution in [-0.2, 0) is 9.47 Å². The minimum Gasteiger partial charge on any atom is -0.476 e. The van der Waals surface area contributed by atoms with E-state index in [1.807, 2.05) is 13.8 Å². The van der Waals surface area contributed by atoms with Gasteiger partial charge in [0.25, 0.3) is 5.56 Å². The third-order valence-corrected chi connectivity index (χ3v) is 4.24. The summed E-state index contributed by atoms with van der Waals surface area (Å²) in [6.45, 7) is 18.4. The number of hydrogen-bond acceptors (Lipinski definition) is 10. The molecule has 224 valence electrons. The quantitative estimate of drug-likeness (QED) is 0.412. The lowest BCUT2D eigenvalue weighted by Gasteiger charge is -2.20. The summed E-state index contributed by atoms with van der Waals surface area (Å²) in [4.78, 5) is 33.6. The van der Waals surface area contributed by atoms with E-state index in [9.17, 15) is 14.4 Å². The Bertz CT molecular complexity index is 1060. The molecule has 39 heavy (non-hydrogen) atoms. The number of aliphatic hydroxyl groups is 3. The minimum absolute atomic E-state index is 0.0137. The molecule has 2 aromatic rings. The average Bonchev–Trinajstić information content (AvgIpc) is 3.46. The molecule has 0 bridgehead atoms. The van der Waals surface area contributed by atoms with Crippen molar-refractivity contribution in [3.8, 4) is 5.88 Å². The molecule has 13 heteroatoms. The molecule has 0 fully saturated rings. The summed E-state index contributed by atoms with van der Waals surface area (Å²) in [5, 5.41) is 32.2. The molecule has 0 aliphatic carbocycles. The van der Waals surface area contributed by atoms with Gasteiger partial charge in [-0.3, -0.25) is 9.89 Å². The number of carbonyl (C=O) groups excluding carboxylic acids is 2. The van der Waals surface area contributed by atoms with Crippen LogP contribution in [0.5, 0.6) is 5.88 Å². The monoisotopic (exact) mass is 558 g/mol. The zero-order valence-electron chi connectivity index (χ0n) is 24.8. The van der Waals surface area contributed by atoms with Crippen molar-refractivity contribution in [3.63, 3.8) is 0 Å². The molecule has 13 nitrogen and oxygen atoms in total. The van der Waals surface area contributed by atoms with Crippen LogP contribution in [0.3, 0.4) is 0 Å². The van der Waals surface area contributed by atoms with Gasteiger partial charge in [0.15, 0.2) is 0 Å². The number of nitrogens with zero attached hydrogens (tertiary/aromatic N) is 3. The van der Waals surface area contributed by atoms with Crippen molar-refractivity contribution in [2.75, 3.05) is 26.4 Å². The summed E-state index contributed by atoms with van der Waals surface area (Å²) in [7, 11) is 0. The number of ether oxygens (including phenoxy) is 3. The van der Waals surface area contributed by atoms with Crippen molar-refractivity contribution in [1.29, 1.82) is 0 Å². The Morgan fingerprint density at radius 1 is 0.795 bits per heavy atom. The fourth-order valence-corrected chi connectivity index (χ4v) is 1.91. The highest BCUT2D eigenvalue weighted by atomic mass is 16.6. The summed E-state index contributed by atoms with van der Waals surface area (Å²) in [5.74, 6) is 0.326. The lowest BCUT2D eigenvalue weighted by Crippen LogP contribution is -2.28. The van der Waals surface area contributed by atoms with Gasteiger partial charge in [0.1, 0.15) is 11.2 Å². The molecule has 0 saturated heterocycles. The predicted molar refractivity (Wildman–Crippen MR) is 145 cm³/mol. The molecule has 2 aromatic heterocycles. The van der Waals surface area contributed by atoms with Crippen LogP contribution in [0.1, 0.15) is 69.2 Å². The molecule has 4 N–H and O–H groups in total. The molecule has 0 spiro atoms. The Morgan fingerprint density at radius 3 is 1.67 bits per heavy atom. The summed E-state index contributed by atoms with van der Waals surface area (Å²) >= 11 is 0. The van der Waals surface area contributed by atoms with Crippen LogP contribution >= 0.6 is 0 Å². The number of aliphatic hydroxyl groups excluding tert-OH is 3. The van der Waals surface area contributed by atoms with E-state index >= 15 is 0 Å². The molecule has 2 rings (SSSR count). The molecular weight excluding hydrogens is 512 g/mol. The van der Waals surface area contributed by atoms with Gasteiger partial charge in [0.2, 0.25) is 5.88 Å². The largest absolute Gasteiger partial charge is 0.476 e. The fourth-order valence-electron chi connectivity index (χ4n) is 1.91. The molecule has 0 aromatic carbocycles. The summed E-state index contributed by atoms with van der Waals surface area (Å²) in [6, 6.07) is 2.83. The van der Waals surface area contributed by atoms with Gasteiger partial charge in [-0.1, -0.05) is 27.7 Å². The zero-order chi connectivity index (χ0) is 30.7. The van der Waals surface area contributed by atoms with Gasteiger partial charge in [-0.05, 0) is 41.5 Å². The first kappa shape index (κ1) is 35.8. The molecular formula is C26H46N4O9. The summed E-state index contributed by atoms with van der Waals surface area (Å²) in [5.41, 5.74) is -2.11. The van der Waals surface area contributed by atoms with Crippen molar-refractivity contribution in [2.45, 2.75) is 80.4 Å². The van der Waals surface area contributed by atoms with Crippen LogP contribution in [0.4, 0.5) is 9.59 Å². The Hall–Kier alpha value is -3.16. The van der Waals surface area contributed by atoms with Gasteiger partial charge in [0.05, 0.1) is 26.4 Å². The lowest BCUT2D eigenvalue weighted by atomic mass is 9.97. The molecule has 2 heterocycles. The van der Waals surface area contributed by atoms with Crippen molar-refractivity contribution in [2.24, 2.45) is 10.8 Å². The molecule has 0 aliphatic heterocycles. The maximum atomic E-state index is 11.7. The van der Waals surface area contributed by atoms with Crippen molar-refractivity contribution >= 4 is 12.2 Å². The molecule has 0 saturated carbocycles. The van der Waals surface area contributed by atoms with E-state index in [-0.39, 0.29) is 36.2 Å². The van der Waals surface area contributed by atoms with Gasteiger partial charge in [-0.15, -0.1) is 5.10 Å². The molecule has 0 atom stereocenters. The minimum atomic E-state index is -0.588. The lowest BCUT2D eigenvalue weighted by molar-refractivity contribution is 0.0500. The number of carbonyl (C=O) groups is 2. The van der Waals surface area contributed by atoms with Crippen LogP contribution in [-0.4, -0.2) is 84.7 Å². The summed E-state index contributed by atoms with van der Waals surface area (Å²) < 4.78 is 17.7. The van der Waals surface area contributed by atoms with Crippen molar-refractivity contribution in [1.82, 2.24) is 19.6 Å². The third-order valence-electron chi connectivity index (χ3n) is 4.24. The standard InChI is InChI=1S/C13H22N2O4.C8H12N2O3.C5H12O2/c1-12(2,3)19-11(17)15-7-6-10(14-15)18-9-13(4,5)8-16;1-8(2,3)13-7(12)10-5-4-6(11)9-10;1-5(2,3-6)4-7/h6-7,16H,8-9H2,1-5H3;4-5H,1-3H3,(H,9,11);6-7H,3-4H2,1-2H3. The number of rotatable bonds is 6. The van der Waals surface area contributed by atoms with E-state index < -0.39 is 23.4 Å². The smallest absolute Gasteiger partial charge is 0.435 e. The molecule has 0 amide bonds. The average molecular weight is 559 g/mol.